The smallest absolute Gasteiger partial charge is 0.209 e. The number of benzene rings is 1. The molecule has 0 saturated heterocycles. The molecule has 6 nitrogen and oxygen atoms in total. The average molecular weight is 391 g/mol. The summed E-state index contributed by atoms with van der Waals surface area (Å²) >= 11 is 0. The quantitative estimate of drug-likeness (QED) is 0.762. The Balaban J connectivity index is 1.75. The maximum atomic E-state index is 11.7. The Kier molecular flexibility index (Phi) is 6.34. The van der Waals surface area contributed by atoms with Crippen molar-refractivity contribution < 1.29 is 8.42 Å². The van der Waals surface area contributed by atoms with Crippen LogP contribution < -0.4 is 10.0 Å². The van der Waals surface area contributed by atoms with E-state index in [-0.39, 0.29) is 12.1 Å². The summed E-state index contributed by atoms with van der Waals surface area (Å²) in [6.45, 7) is 4.98. The zero-order chi connectivity index (χ0) is 19.4. The van der Waals surface area contributed by atoms with Gasteiger partial charge in [0.05, 0.1) is 17.6 Å². The first kappa shape index (κ1) is 20.0. The van der Waals surface area contributed by atoms with Gasteiger partial charge in [0.25, 0.3) is 0 Å². The molecule has 2 N–H and O–H groups in total. The van der Waals surface area contributed by atoms with Gasteiger partial charge in [-0.25, -0.2) is 17.8 Å². The highest BCUT2D eigenvalue weighted by Crippen LogP contribution is 2.23. The summed E-state index contributed by atoms with van der Waals surface area (Å²) in [6.07, 6.45) is 7.37. The van der Waals surface area contributed by atoms with E-state index in [4.69, 9.17) is 5.10 Å². The predicted molar refractivity (Wildman–Crippen MR) is 109 cm³/mol. The lowest BCUT2D eigenvalue weighted by molar-refractivity contribution is 0.309. The predicted octanol–water partition coefficient (Wildman–Crippen LogP) is 2.95. The molecule has 2 atom stereocenters. The van der Waals surface area contributed by atoms with Crippen molar-refractivity contribution in [2.24, 2.45) is 0 Å². The van der Waals surface area contributed by atoms with Crippen LogP contribution in [0, 0.1) is 0 Å². The summed E-state index contributed by atoms with van der Waals surface area (Å²) in [4.78, 5) is 0. The molecular formula is C20H30N4O2S. The summed E-state index contributed by atoms with van der Waals surface area (Å²) in [6, 6.07) is 10.2. The highest BCUT2D eigenvalue weighted by molar-refractivity contribution is 7.88. The van der Waals surface area contributed by atoms with Crippen LogP contribution in [0.25, 0.3) is 5.69 Å². The molecule has 1 saturated carbocycles. The van der Waals surface area contributed by atoms with E-state index >= 15 is 0 Å². The number of hydrogen-bond donors (Lipinski definition) is 2. The van der Waals surface area contributed by atoms with E-state index in [0.717, 1.165) is 42.6 Å². The van der Waals surface area contributed by atoms with Gasteiger partial charge in [0.15, 0.2) is 0 Å². The fourth-order valence-corrected chi connectivity index (χ4v) is 4.62. The van der Waals surface area contributed by atoms with Crippen LogP contribution in [-0.4, -0.2) is 36.5 Å². The second-order valence-corrected chi connectivity index (χ2v) is 9.52. The number of rotatable bonds is 7. The van der Waals surface area contributed by atoms with Crippen LogP contribution in [0.15, 0.2) is 36.5 Å². The molecule has 27 heavy (non-hydrogen) atoms. The number of sulfonamides is 1. The lowest BCUT2D eigenvalue weighted by Crippen LogP contribution is -2.51. The first-order valence-electron chi connectivity index (χ1n) is 9.68. The highest BCUT2D eigenvalue weighted by atomic mass is 32.2. The second kappa shape index (κ2) is 8.54. The van der Waals surface area contributed by atoms with Crippen LogP contribution in [0.5, 0.6) is 0 Å². The Hall–Kier alpha value is -1.70. The largest absolute Gasteiger partial charge is 0.308 e. The number of nitrogens with one attached hydrogen (secondary N) is 2. The fourth-order valence-electron chi connectivity index (χ4n) is 3.79. The van der Waals surface area contributed by atoms with Crippen molar-refractivity contribution in [3.8, 4) is 5.69 Å². The van der Waals surface area contributed by atoms with Gasteiger partial charge in [0, 0.05) is 30.4 Å². The van der Waals surface area contributed by atoms with Gasteiger partial charge in [-0.2, -0.15) is 5.10 Å². The van der Waals surface area contributed by atoms with Crippen molar-refractivity contribution in [2.45, 2.75) is 64.1 Å². The Morgan fingerprint density at radius 1 is 1.15 bits per heavy atom. The van der Waals surface area contributed by atoms with Crippen molar-refractivity contribution >= 4 is 10.0 Å². The van der Waals surface area contributed by atoms with Crippen LogP contribution in [0.2, 0.25) is 0 Å². The standard InChI is InChI=1S/C20H30N4O2S/c1-15(2)20-16(14-24(22-20)17-9-5-4-6-10-17)13-21-18-11-7-8-12-19(18)23-27(3,25)26/h4-6,9-10,14-15,18-19,21,23H,7-8,11-13H2,1-3H3/t18-,19+/m1/s1. The summed E-state index contributed by atoms with van der Waals surface area (Å²) in [5.41, 5.74) is 3.28. The number of nitrogens with zero attached hydrogens (tertiary/aromatic N) is 2. The van der Waals surface area contributed by atoms with E-state index in [2.05, 4.69) is 30.1 Å². The molecule has 3 rings (SSSR count). The van der Waals surface area contributed by atoms with Gasteiger partial charge < -0.3 is 5.32 Å². The highest BCUT2D eigenvalue weighted by Gasteiger charge is 2.27. The zero-order valence-corrected chi connectivity index (χ0v) is 17.2. The molecule has 7 heteroatoms. The van der Waals surface area contributed by atoms with E-state index in [1.807, 2.05) is 35.0 Å². The minimum Gasteiger partial charge on any atom is -0.308 e. The van der Waals surface area contributed by atoms with Crippen molar-refractivity contribution in [3.63, 3.8) is 0 Å². The molecule has 0 bridgehead atoms. The van der Waals surface area contributed by atoms with Crippen molar-refractivity contribution in [3.05, 3.63) is 47.8 Å². The van der Waals surface area contributed by atoms with E-state index in [1.165, 1.54) is 6.26 Å². The summed E-state index contributed by atoms with van der Waals surface area (Å²) < 4.78 is 28.1. The van der Waals surface area contributed by atoms with Gasteiger partial charge in [0.1, 0.15) is 0 Å². The fraction of sp³-hybridized carbons (Fsp3) is 0.550. The van der Waals surface area contributed by atoms with Gasteiger partial charge in [-0.3, -0.25) is 0 Å². The van der Waals surface area contributed by atoms with Gasteiger partial charge in [-0.05, 0) is 30.9 Å². The molecule has 0 unspecified atom stereocenters. The van der Waals surface area contributed by atoms with E-state index in [1.54, 1.807) is 0 Å². The second-order valence-electron chi connectivity index (χ2n) is 7.74. The van der Waals surface area contributed by atoms with Crippen molar-refractivity contribution in [2.75, 3.05) is 6.26 Å². The molecule has 0 aliphatic heterocycles. The molecule has 2 aromatic rings. The molecule has 0 radical (unpaired) electrons. The molecule has 0 amide bonds. The van der Waals surface area contributed by atoms with Crippen LogP contribution in [-0.2, 0) is 16.6 Å². The first-order chi connectivity index (χ1) is 12.8. The summed E-state index contributed by atoms with van der Waals surface area (Å²) in [5.74, 6) is 0.322. The average Bonchev–Trinajstić information content (AvgIpc) is 3.05. The summed E-state index contributed by atoms with van der Waals surface area (Å²) in [7, 11) is -3.20. The monoisotopic (exact) mass is 390 g/mol. The Labute approximate surface area is 162 Å². The molecule has 1 aromatic heterocycles. The third-order valence-electron chi connectivity index (χ3n) is 5.08. The van der Waals surface area contributed by atoms with Gasteiger partial charge in [-0.1, -0.05) is 44.9 Å². The molecule has 1 aliphatic rings. The lowest BCUT2D eigenvalue weighted by atomic mass is 9.91. The molecule has 1 heterocycles. The van der Waals surface area contributed by atoms with Crippen LogP contribution in [0.4, 0.5) is 0 Å². The number of para-hydroxylation sites is 1. The normalized spacial score (nSPS) is 20.9. The Morgan fingerprint density at radius 2 is 1.81 bits per heavy atom. The van der Waals surface area contributed by atoms with E-state index in [0.29, 0.717) is 12.5 Å². The zero-order valence-electron chi connectivity index (χ0n) is 16.4. The molecule has 0 spiro atoms. The SMILES string of the molecule is CC(C)c1nn(-c2ccccc2)cc1CN[C@@H]1CCCC[C@@H]1NS(C)(=O)=O. The topological polar surface area (TPSA) is 76.0 Å². The lowest BCUT2D eigenvalue weighted by Gasteiger charge is -2.32. The van der Waals surface area contributed by atoms with Gasteiger partial charge in [-0.15, -0.1) is 0 Å². The first-order valence-corrected chi connectivity index (χ1v) is 11.6. The van der Waals surface area contributed by atoms with Crippen LogP contribution in [0.1, 0.15) is 56.7 Å². The van der Waals surface area contributed by atoms with Crippen LogP contribution >= 0.6 is 0 Å². The maximum absolute atomic E-state index is 11.7. The third-order valence-corrected chi connectivity index (χ3v) is 5.81. The van der Waals surface area contributed by atoms with E-state index < -0.39 is 10.0 Å². The number of aromatic nitrogens is 2. The van der Waals surface area contributed by atoms with Gasteiger partial charge in [0.2, 0.25) is 10.0 Å². The number of hydrogen-bond acceptors (Lipinski definition) is 4. The maximum Gasteiger partial charge on any atom is 0.209 e. The van der Waals surface area contributed by atoms with Gasteiger partial charge >= 0.3 is 0 Å². The molecule has 1 aliphatic carbocycles. The van der Waals surface area contributed by atoms with Crippen LogP contribution in [0.3, 0.4) is 0 Å². The molecule has 1 aromatic carbocycles. The summed E-state index contributed by atoms with van der Waals surface area (Å²) in [5, 5.41) is 8.38. The van der Waals surface area contributed by atoms with Crippen molar-refractivity contribution in [1.82, 2.24) is 19.8 Å². The van der Waals surface area contributed by atoms with Crippen molar-refractivity contribution in [1.29, 1.82) is 0 Å². The minimum absolute atomic E-state index is 0.0413. The third kappa shape index (κ3) is 5.40. The minimum atomic E-state index is -3.20. The molecular weight excluding hydrogens is 360 g/mol. The van der Waals surface area contributed by atoms with E-state index in [9.17, 15) is 8.42 Å². The Bertz CT molecular complexity index is 846. The molecule has 1 fully saturated rings. The Morgan fingerprint density at radius 3 is 2.44 bits per heavy atom. The molecule has 148 valence electrons.